The van der Waals surface area contributed by atoms with Crippen LogP contribution in [0.2, 0.25) is 0 Å². The molecule has 0 aliphatic carbocycles. The number of nitrogens with zero attached hydrogens (tertiary/aromatic N) is 5. The van der Waals surface area contributed by atoms with Gasteiger partial charge in [-0.2, -0.15) is 0 Å². The van der Waals surface area contributed by atoms with Crippen LogP contribution in [0.5, 0.6) is 5.75 Å². The number of hydrogen-bond acceptors (Lipinski definition) is 5. The summed E-state index contributed by atoms with van der Waals surface area (Å²) in [6.07, 6.45) is 3.30. The van der Waals surface area contributed by atoms with Gasteiger partial charge in [0.15, 0.2) is 5.82 Å². The number of hydrogen-bond donors (Lipinski definition) is 1. The second kappa shape index (κ2) is 14.4. The maximum Gasteiger partial charge on any atom is 0.219 e. The van der Waals surface area contributed by atoms with E-state index in [1.54, 1.807) is 24.9 Å². The molecule has 2 heterocycles. The fourth-order valence-corrected chi connectivity index (χ4v) is 5.17. The summed E-state index contributed by atoms with van der Waals surface area (Å²) in [5, 5.41) is 10.6. The summed E-state index contributed by atoms with van der Waals surface area (Å²) in [5.74, 6) is 0.132. The highest BCUT2D eigenvalue weighted by atomic mass is 19.1. The highest BCUT2D eigenvalue weighted by Crippen LogP contribution is 2.39. The molecule has 1 saturated heterocycles. The zero-order valence-electron chi connectivity index (χ0n) is 25.2. The minimum Gasteiger partial charge on any atom is -0.507 e. The van der Waals surface area contributed by atoms with Crippen molar-refractivity contribution in [2.45, 2.75) is 46.6 Å². The third-order valence-corrected chi connectivity index (χ3v) is 7.11. The number of carbonyl (C=O) groups is 2. The first kappa shape index (κ1) is 32.0. The summed E-state index contributed by atoms with van der Waals surface area (Å²) < 4.78 is 15.0. The van der Waals surface area contributed by atoms with Crippen LogP contribution in [-0.2, 0) is 9.59 Å². The molecule has 2 aromatic carbocycles. The van der Waals surface area contributed by atoms with E-state index in [1.165, 1.54) is 23.1 Å². The first-order valence-electron chi connectivity index (χ1n) is 14.0. The molecule has 1 aliphatic rings. The van der Waals surface area contributed by atoms with Crippen LogP contribution in [0.15, 0.2) is 66.2 Å². The number of anilines is 2. The summed E-state index contributed by atoms with van der Waals surface area (Å²) in [6.45, 7) is 14.7. The van der Waals surface area contributed by atoms with E-state index in [0.717, 1.165) is 12.0 Å². The van der Waals surface area contributed by atoms with Crippen molar-refractivity contribution in [3.63, 3.8) is 0 Å². The van der Waals surface area contributed by atoms with Crippen molar-refractivity contribution < 1.29 is 19.1 Å². The van der Waals surface area contributed by atoms with Gasteiger partial charge in [-0.3, -0.25) is 19.5 Å². The highest BCUT2D eigenvalue weighted by molar-refractivity contribution is 6.07. The summed E-state index contributed by atoms with van der Waals surface area (Å²) in [6, 6.07) is 13.5. The molecular formula is C33H40FN5O3. The molecule has 9 heteroatoms. The van der Waals surface area contributed by atoms with Crippen LogP contribution in [0.4, 0.5) is 15.9 Å². The first-order chi connectivity index (χ1) is 20.1. The fourth-order valence-electron chi connectivity index (χ4n) is 5.17. The fraction of sp³-hybridized carbons (Fsp3) is 0.333. The lowest BCUT2D eigenvalue weighted by Gasteiger charge is -2.40. The molecule has 8 nitrogen and oxygen atoms in total. The average Bonchev–Trinajstić information content (AvgIpc) is 2.96. The molecule has 0 bridgehead atoms. The molecule has 1 unspecified atom stereocenters. The van der Waals surface area contributed by atoms with E-state index in [-0.39, 0.29) is 34.8 Å². The number of aromatic hydroxyl groups is 1. The standard InChI is InChI=1S/C30H34FN5O3.C3H6/c1-19(2)22-9-6-7-11-25(22)36(18-38)30-23(29(32-5)35-14-13-34(17-37)16-21(35)4)15-20(3)28(33-30)27-24(31)10-8-12-26(27)39;1-3-2/h6-12,15,17-19,21,39H,13-14,16H2,1-5H3;3H,1H2,2H3. The van der Waals surface area contributed by atoms with Crippen molar-refractivity contribution >= 4 is 30.2 Å². The lowest BCUT2D eigenvalue weighted by molar-refractivity contribution is -0.120. The smallest absolute Gasteiger partial charge is 0.219 e. The Morgan fingerprint density at radius 1 is 1.19 bits per heavy atom. The minimum atomic E-state index is -0.618. The summed E-state index contributed by atoms with van der Waals surface area (Å²) in [5.41, 5.74) is 2.99. The Kier molecular flexibility index (Phi) is 11.0. The number of carbonyl (C=O) groups excluding carboxylic acids is 2. The van der Waals surface area contributed by atoms with Gasteiger partial charge >= 0.3 is 0 Å². The molecule has 3 aromatic rings. The Balaban J connectivity index is 0.00000155. The first-order valence-corrected chi connectivity index (χ1v) is 14.0. The van der Waals surface area contributed by atoms with E-state index in [0.29, 0.717) is 48.7 Å². The number of para-hydroxylation sites is 1. The Hall–Kier alpha value is -4.53. The number of aryl methyl sites for hydroxylation is 1. The molecule has 2 amide bonds. The van der Waals surface area contributed by atoms with E-state index in [1.807, 2.05) is 58.0 Å². The van der Waals surface area contributed by atoms with Gasteiger partial charge in [-0.25, -0.2) is 9.37 Å². The molecule has 1 aliphatic heterocycles. The largest absolute Gasteiger partial charge is 0.507 e. The van der Waals surface area contributed by atoms with Crippen LogP contribution in [0.25, 0.3) is 11.3 Å². The number of phenols is 1. The molecule has 0 spiro atoms. The van der Waals surface area contributed by atoms with Crippen molar-refractivity contribution in [3.8, 4) is 17.0 Å². The molecule has 0 saturated carbocycles. The monoisotopic (exact) mass is 573 g/mol. The van der Waals surface area contributed by atoms with E-state index >= 15 is 4.39 Å². The van der Waals surface area contributed by atoms with Crippen LogP contribution in [-0.4, -0.2) is 71.3 Å². The van der Waals surface area contributed by atoms with Crippen LogP contribution >= 0.6 is 0 Å². The number of rotatable bonds is 7. The van der Waals surface area contributed by atoms with Gasteiger partial charge in [-0.15, -0.1) is 6.58 Å². The number of halogens is 1. The van der Waals surface area contributed by atoms with Crippen LogP contribution in [0, 0.1) is 12.7 Å². The molecule has 42 heavy (non-hydrogen) atoms. The zero-order chi connectivity index (χ0) is 31.0. The van der Waals surface area contributed by atoms with Crippen LogP contribution in [0.1, 0.15) is 50.3 Å². The number of amides is 2. The second-order valence-electron chi connectivity index (χ2n) is 10.4. The van der Waals surface area contributed by atoms with Crippen molar-refractivity contribution in [1.29, 1.82) is 0 Å². The SMILES string of the molecule is C=CC.CN=C(c1cc(C)c(-c2c(O)cccc2F)nc1N(C=O)c1ccccc1C(C)C)N1CCN(C=O)CC1C. The van der Waals surface area contributed by atoms with Crippen LogP contribution < -0.4 is 4.90 Å². The third-order valence-electron chi connectivity index (χ3n) is 7.11. The number of amidine groups is 1. The maximum atomic E-state index is 15.0. The Morgan fingerprint density at radius 2 is 1.88 bits per heavy atom. The normalized spacial score (nSPS) is 15.1. The van der Waals surface area contributed by atoms with Crippen molar-refractivity contribution in [2.75, 3.05) is 31.6 Å². The van der Waals surface area contributed by atoms with Gasteiger partial charge in [-0.1, -0.05) is 44.2 Å². The maximum absolute atomic E-state index is 15.0. The number of phenolic OH excluding ortho intramolecular Hbond substituents is 1. The van der Waals surface area contributed by atoms with Gasteiger partial charge < -0.3 is 14.9 Å². The zero-order valence-corrected chi connectivity index (χ0v) is 25.2. The van der Waals surface area contributed by atoms with E-state index < -0.39 is 5.82 Å². The van der Waals surface area contributed by atoms with Crippen LogP contribution in [0.3, 0.4) is 0 Å². The van der Waals surface area contributed by atoms with Gasteiger partial charge in [-0.05, 0) is 62.1 Å². The van der Waals surface area contributed by atoms with E-state index in [4.69, 9.17) is 4.98 Å². The third kappa shape index (κ3) is 6.67. The highest BCUT2D eigenvalue weighted by Gasteiger charge is 2.31. The van der Waals surface area contributed by atoms with Gasteiger partial charge in [0.2, 0.25) is 12.8 Å². The molecule has 1 fully saturated rings. The minimum absolute atomic E-state index is 0.0336. The lowest BCUT2D eigenvalue weighted by Crippen LogP contribution is -2.54. The summed E-state index contributed by atoms with van der Waals surface area (Å²) in [7, 11) is 1.68. The molecule has 1 aromatic heterocycles. The average molecular weight is 574 g/mol. The number of benzene rings is 2. The number of allylic oxidation sites excluding steroid dienone is 1. The van der Waals surface area contributed by atoms with E-state index in [9.17, 15) is 14.7 Å². The number of aliphatic imine (C=N–C) groups is 1. The molecule has 4 rings (SSSR count). The van der Waals surface area contributed by atoms with E-state index in [2.05, 4.69) is 16.5 Å². The van der Waals surface area contributed by atoms with Gasteiger partial charge in [0.1, 0.15) is 17.4 Å². The van der Waals surface area contributed by atoms with Crippen molar-refractivity contribution in [2.24, 2.45) is 4.99 Å². The predicted octanol–water partition coefficient (Wildman–Crippen LogP) is 6.05. The summed E-state index contributed by atoms with van der Waals surface area (Å²) in [4.78, 5) is 38.9. The molecule has 1 N–H and O–H groups in total. The molecule has 0 radical (unpaired) electrons. The number of pyridine rings is 1. The lowest BCUT2D eigenvalue weighted by atomic mass is 9.99. The van der Waals surface area contributed by atoms with Gasteiger partial charge in [0, 0.05) is 32.7 Å². The quantitative estimate of drug-likeness (QED) is 0.161. The number of piperazine rings is 1. The Bertz CT molecular complexity index is 1440. The topological polar surface area (TPSA) is 89.3 Å². The number of aromatic nitrogens is 1. The second-order valence-corrected chi connectivity index (χ2v) is 10.4. The summed E-state index contributed by atoms with van der Waals surface area (Å²) >= 11 is 0. The van der Waals surface area contributed by atoms with Crippen molar-refractivity contribution in [1.82, 2.24) is 14.8 Å². The van der Waals surface area contributed by atoms with Gasteiger partial charge in [0.05, 0.1) is 22.5 Å². The Morgan fingerprint density at radius 3 is 2.45 bits per heavy atom. The van der Waals surface area contributed by atoms with Gasteiger partial charge in [0.25, 0.3) is 0 Å². The predicted molar refractivity (Wildman–Crippen MR) is 167 cm³/mol. The molecular weight excluding hydrogens is 533 g/mol. The Labute approximate surface area is 247 Å². The van der Waals surface area contributed by atoms with Crippen molar-refractivity contribution in [3.05, 3.63) is 83.7 Å². The molecule has 1 atom stereocenters. The molecule has 222 valence electrons.